The molecule has 3 heterocycles. The molecule has 10 nitrogen and oxygen atoms in total. The number of nitro groups is 1. The van der Waals surface area contributed by atoms with E-state index in [9.17, 15) is 24.5 Å². The average molecular weight is 604 g/mol. The third kappa shape index (κ3) is 7.42. The molecule has 0 aromatic heterocycles. The van der Waals surface area contributed by atoms with Crippen LogP contribution in [0.2, 0.25) is 0 Å². The van der Waals surface area contributed by atoms with Crippen molar-refractivity contribution in [2.75, 3.05) is 26.2 Å². The molecule has 39 heavy (non-hydrogen) atoms. The molecule has 0 aliphatic carbocycles. The molecule has 3 aliphatic rings. The van der Waals surface area contributed by atoms with E-state index in [1.165, 1.54) is 18.2 Å². The second-order valence-electron chi connectivity index (χ2n) is 11.1. The molecule has 3 saturated heterocycles. The molecule has 1 unspecified atom stereocenters. The van der Waals surface area contributed by atoms with Crippen LogP contribution in [0.1, 0.15) is 55.6 Å². The zero-order valence-corrected chi connectivity index (χ0v) is 23.9. The first kappa shape index (κ1) is 30.2. The van der Waals surface area contributed by atoms with Crippen molar-refractivity contribution in [3.63, 3.8) is 0 Å². The Hall–Kier alpha value is -3.31. The number of carbonyl (C=O) groups excluding carboxylic acids is 3. The number of rotatable bonds is 8. The van der Waals surface area contributed by atoms with E-state index in [-0.39, 0.29) is 46.5 Å². The molecule has 2 aromatic carbocycles. The summed E-state index contributed by atoms with van der Waals surface area (Å²) >= 11 is 0. The Morgan fingerprint density at radius 1 is 1.05 bits per heavy atom. The minimum absolute atomic E-state index is 0. The normalized spacial score (nSPS) is 22.6. The van der Waals surface area contributed by atoms with Crippen LogP contribution in [0.15, 0.2) is 54.6 Å². The van der Waals surface area contributed by atoms with Gasteiger partial charge in [-0.3, -0.25) is 14.9 Å². The van der Waals surface area contributed by atoms with Gasteiger partial charge in [-0.25, -0.2) is 9.59 Å². The number of fused-ring (bicyclic) bond motifs is 3. The lowest BCUT2D eigenvalue weighted by molar-refractivity contribution is -0.938. The second kappa shape index (κ2) is 12.3. The van der Waals surface area contributed by atoms with Gasteiger partial charge in [0.05, 0.1) is 18.0 Å². The molecule has 1 amide bonds. The highest BCUT2D eigenvalue weighted by Crippen LogP contribution is 2.37. The van der Waals surface area contributed by atoms with Crippen molar-refractivity contribution in [3.05, 3.63) is 75.8 Å². The highest BCUT2D eigenvalue weighted by atomic mass is 79.9. The van der Waals surface area contributed by atoms with Gasteiger partial charge in [0.2, 0.25) is 5.78 Å². The highest BCUT2D eigenvalue weighted by Gasteiger charge is 2.49. The lowest BCUT2D eigenvalue weighted by atomic mass is 9.82. The van der Waals surface area contributed by atoms with Crippen LogP contribution in [-0.2, 0) is 14.3 Å². The smallest absolute Gasteiger partial charge is 0.408 e. The zero-order chi connectivity index (χ0) is 27.5. The lowest BCUT2D eigenvalue weighted by Crippen LogP contribution is -3.00. The summed E-state index contributed by atoms with van der Waals surface area (Å²) in [5, 5.41) is 14.1. The molecule has 0 spiro atoms. The number of carbonyl (C=O) groups is 3. The number of ketones is 1. The largest absolute Gasteiger partial charge is 1.00 e. The Kier molecular flexibility index (Phi) is 9.50. The predicted molar refractivity (Wildman–Crippen MR) is 138 cm³/mol. The summed E-state index contributed by atoms with van der Waals surface area (Å²) < 4.78 is 11.8. The molecular weight excluding hydrogens is 570 g/mol. The molecule has 0 radical (unpaired) electrons. The fourth-order valence-corrected chi connectivity index (χ4v) is 5.40. The van der Waals surface area contributed by atoms with Gasteiger partial charge in [-0.15, -0.1) is 0 Å². The van der Waals surface area contributed by atoms with Crippen LogP contribution in [0.3, 0.4) is 0 Å². The van der Waals surface area contributed by atoms with Crippen LogP contribution in [-0.4, -0.2) is 65.1 Å². The lowest BCUT2D eigenvalue weighted by Gasteiger charge is -2.51. The molecule has 2 atom stereocenters. The molecule has 2 bridgehead atoms. The number of quaternary nitrogens is 1. The number of benzene rings is 2. The fourth-order valence-electron chi connectivity index (χ4n) is 5.40. The van der Waals surface area contributed by atoms with Crippen LogP contribution < -0.4 is 22.3 Å². The van der Waals surface area contributed by atoms with E-state index < -0.39 is 34.7 Å². The third-order valence-electron chi connectivity index (χ3n) is 7.22. The maximum atomic E-state index is 13.4. The Bertz CT molecular complexity index is 1210. The van der Waals surface area contributed by atoms with Gasteiger partial charge in [0.1, 0.15) is 24.3 Å². The van der Waals surface area contributed by atoms with E-state index >= 15 is 0 Å². The van der Waals surface area contributed by atoms with Crippen molar-refractivity contribution < 1.29 is 50.2 Å². The Morgan fingerprint density at radius 3 is 2.28 bits per heavy atom. The van der Waals surface area contributed by atoms with E-state index in [0.29, 0.717) is 16.6 Å². The quantitative estimate of drug-likeness (QED) is 0.158. The number of esters is 1. The molecule has 3 fully saturated rings. The fraction of sp³-hybridized carbons (Fsp3) is 0.464. The Morgan fingerprint density at radius 2 is 1.67 bits per heavy atom. The van der Waals surface area contributed by atoms with Crippen LogP contribution in [0, 0.1) is 16.0 Å². The molecule has 0 saturated carbocycles. The third-order valence-corrected chi connectivity index (χ3v) is 7.22. The summed E-state index contributed by atoms with van der Waals surface area (Å²) in [5.41, 5.74) is -0.274. The van der Waals surface area contributed by atoms with Gasteiger partial charge in [0, 0.05) is 24.8 Å². The standard InChI is InChI=1S/C28H33N3O7.BrH/c1-28(2,3)38-27(34)29-25(20-9-5-4-6-10-20)26(33)37-24-18-31(15-13-19(24)14-16-31)17-23(32)21-11-7-8-12-22(21)30(35)36;/h4-12,19,24-25H,13-18H2,1-3H3;1H/t19?,24-,25?,31?;/m0./s1. The van der Waals surface area contributed by atoms with Crippen molar-refractivity contribution >= 4 is 23.5 Å². The summed E-state index contributed by atoms with van der Waals surface area (Å²) in [6.07, 6.45) is 0.390. The van der Waals surface area contributed by atoms with Crippen LogP contribution in [0.25, 0.3) is 0 Å². The molecule has 5 rings (SSSR count). The van der Waals surface area contributed by atoms with Crippen LogP contribution >= 0.6 is 0 Å². The second-order valence-corrected chi connectivity index (χ2v) is 11.1. The number of Topliss-reactive ketones (excluding diaryl/α,β-unsaturated/α-hetero) is 1. The van der Waals surface area contributed by atoms with Crippen LogP contribution in [0.5, 0.6) is 0 Å². The number of piperidine rings is 3. The van der Waals surface area contributed by atoms with Gasteiger partial charge in [0.15, 0.2) is 12.1 Å². The Balaban J connectivity index is 0.00000420. The van der Waals surface area contributed by atoms with Crippen molar-refractivity contribution in [2.24, 2.45) is 5.92 Å². The maximum absolute atomic E-state index is 13.4. The number of halogens is 1. The molecule has 11 heteroatoms. The molecule has 3 aliphatic heterocycles. The van der Waals surface area contributed by atoms with E-state index in [4.69, 9.17) is 9.47 Å². The van der Waals surface area contributed by atoms with Gasteiger partial charge >= 0.3 is 12.1 Å². The van der Waals surface area contributed by atoms with E-state index in [2.05, 4.69) is 5.32 Å². The summed E-state index contributed by atoms with van der Waals surface area (Å²) in [7, 11) is 0. The number of hydrogen-bond donors (Lipinski definition) is 1. The first-order valence-corrected chi connectivity index (χ1v) is 12.8. The minimum Gasteiger partial charge on any atom is -1.00 e. The van der Waals surface area contributed by atoms with Gasteiger partial charge < -0.3 is 36.3 Å². The van der Waals surface area contributed by atoms with E-state index in [0.717, 1.165) is 25.9 Å². The number of nitro benzene ring substituents is 1. The van der Waals surface area contributed by atoms with Crippen molar-refractivity contribution in [3.8, 4) is 0 Å². The monoisotopic (exact) mass is 603 g/mol. The van der Waals surface area contributed by atoms with Crippen molar-refractivity contribution in [2.45, 2.75) is 51.4 Å². The van der Waals surface area contributed by atoms with E-state index in [1.54, 1.807) is 51.1 Å². The van der Waals surface area contributed by atoms with Crippen molar-refractivity contribution in [1.82, 2.24) is 5.32 Å². The number of amides is 1. The maximum Gasteiger partial charge on any atom is 0.408 e. The molecule has 210 valence electrons. The highest BCUT2D eigenvalue weighted by molar-refractivity contribution is 6.00. The van der Waals surface area contributed by atoms with Gasteiger partial charge in [-0.05, 0) is 32.4 Å². The molecular formula is C28H34BrN3O7. The topological polar surface area (TPSA) is 125 Å². The van der Waals surface area contributed by atoms with Crippen LogP contribution in [0.4, 0.5) is 10.5 Å². The van der Waals surface area contributed by atoms with Crippen molar-refractivity contribution in [1.29, 1.82) is 0 Å². The van der Waals surface area contributed by atoms with Gasteiger partial charge in [-0.2, -0.15) is 0 Å². The van der Waals surface area contributed by atoms with E-state index in [1.807, 2.05) is 6.07 Å². The Labute approximate surface area is 238 Å². The number of alkyl carbamates (subject to hydrolysis) is 1. The first-order chi connectivity index (χ1) is 18.0. The number of para-hydroxylation sites is 1. The number of nitrogens with one attached hydrogen (secondary N) is 1. The number of nitrogens with zero attached hydrogens (tertiary/aromatic N) is 2. The zero-order valence-electron chi connectivity index (χ0n) is 22.3. The molecule has 1 N–H and O–H groups in total. The predicted octanol–water partition coefficient (Wildman–Crippen LogP) is 1.20. The number of ether oxygens (including phenoxy) is 2. The molecule has 2 aromatic rings. The minimum atomic E-state index is -1.05. The SMILES string of the molecule is CC(C)(C)OC(=O)NC(C(=O)O[C@H]1C[N+]2(CC(=O)c3ccccc3[N+](=O)[O-])CCC1CC2)c1ccccc1.[Br-]. The van der Waals surface area contributed by atoms with Gasteiger partial charge in [0.25, 0.3) is 5.69 Å². The first-order valence-electron chi connectivity index (χ1n) is 12.8. The van der Waals surface area contributed by atoms with Gasteiger partial charge in [-0.1, -0.05) is 42.5 Å². The summed E-state index contributed by atoms with van der Waals surface area (Å²) in [4.78, 5) is 50.0. The number of hydrogen-bond acceptors (Lipinski definition) is 7. The summed E-state index contributed by atoms with van der Waals surface area (Å²) in [5.74, 6) is -0.737. The summed E-state index contributed by atoms with van der Waals surface area (Å²) in [6, 6.07) is 13.8. The summed E-state index contributed by atoms with van der Waals surface area (Å²) in [6.45, 7) is 7.24. The average Bonchev–Trinajstić information content (AvgIpc) is 2.87.